The summed E-state index contributed by atoms with van der Waals surface area (Å²) in [5.41, 5.74) is 6.89. The lowest BCUT2D eigenvalue weighted by atomic mass is 10.1. The van der Waals surface area contributed by atoms with Gasteiger partial charge in [0.2, 0.25) is 5.91 Å². The van der Waals surface area contributed by atoms with E-state index in [9.17, 15) is 24.9 Å². The van der Waals surface area contributed by atoms with Crippen LogP contribution in [0.25, 0.3) is 21.9 Å². The number of nitrogens with one attached hydrogen (secondary N) is 2. The van der Waals surface area contributed by atoms with E-state index >= 15 is 0 Å². The maximum Gasteiger partial charge on any atom is 0.254 e. The van der Waals surface area contributed by atoms with Gasteiger partial charge in [0.25, 0.3) is 5.91 Å². The van der Waals surface area contributed by atoms with Crippen molar-refractivity contribution >= 4 is 45.3 Å². The van der Waals surface area contributed by atoms with E-state index < -0.39 is 30.4 Å². The molecule has 5 rings (SSSR count). The normalized spacial score (nSPS) is 21.8. The Morgan fingerprint density at radius 3 is 2.83 bits per heavy atom. The fourth-order valence-electron chi connectivity index (χ4n) is 4.21. The molecule has 1 aromatic carbocycles. The van der Waals surface area contributed by atoms with Crippen LogP contribution in [0.4, 0.5) is 11.5 Å². The smallest absolute Gasteiger partial charge is 0.254 e. The SMILES string of the molecule is CN(CCC(=O)Nc1cccc2c(O)[nH]cc12)C(=O)C1OC(n2cnc3c(N)ncnc32)C(O)C1O. The number of likely N-dealkylation sites (N-methyl/N-ethyl adjacent to an activating group) is 1. The molecular weight excluding hydrogens is 472 g/mol. The lowest BCUT2D eigenvalue weighted by Gasteiger charge is -2.22. The Balaban J connectivity index is 1.23. The Bertz CT molecular complexity index is 1450. The third kappa shape index (κ3) is 3.96. The number of benzene rings is 1. The van der Waals surface area contributed by atoms with Gasteiger partial charge in [-0.05, 0) is 12.1 Å². The van der Waals surface area contributed by atoms with Crippen molar-refractivity contribution in [2.75, 3.05) is 24.6 Å². The number of H-pyrrole nitrogens is 1. The van der Waals surface area contributed by atoms with Gasteiger partial charge in [0.1, 0.15) is 24.1 Å². The molecule has 0 aliphatic carbocycles. The molecule has 4 heterocycles. The lowest BCUT2D eigenvalue weighted by molar-refractivity contribution is -0.147. The van der Waals surface area contributed by atoms with Crippen LogP contribution in [0, 0.1) is 0 Å². The number of carbonyl (C=O) groups excluding carboxylic acids is 2. The average Bonchev–Trinajstić information content (AvgIpc) is 3.55. The van der Waals surface area contributed by atoms with E-state index in [0.29, 0.717) is 22.0 Å². The number of hydrogen-bond donors (Lipinski definition) is 6. The first kappa shape index (κ1) is 23.5. The molecule has 4 unspecified atom stereocenters. The van der Waals surface area contributed by atoms with Crippen LogP contribution in [0.3, 0.4) is 0 Å². The minimum absolute atomic E-state index is 0.00153. The number of fused-ring (bicyclic) bond motifs is 2. The molecule has 1 aliphatic rings. The summed E-state index contributed by atoms with van der Waals surface area (Å²) in [6.45, 7) is 0.0319. The number of rotatable bonds is 6. The summed E-state index contributed by atoms with van der Waals surface area (Å²) in [4.78, 5) is 41.5. The molecule has 4 atom stereocenters. The van der Waals surface area contributed by atoms with Crippen molar-refractivity contribution in [3.8, 4) is 5.88 Å². The summed E-state index contributed by atoms with van der Waals surface area (Å²) >= 11 is 0. The monoisotopic (exact) mass is 496 g/mol. The summed E-state index contributed by atoms with van der Waals surface area (Å²) in [5.74, 6) is -0.813. The molecular formula is C22H24N8O6. The van der Waals surface area contributed by atoms with Gasteiger partial charge < -0.3 is 41.0 Å². The van der Waals surface area contributed by atoms with Crippen molar-refractivity contribution in [2.24, 2.45) is 0 Å². The second kappa shape index (κ2) is 9.07. The highest BCUT2D eigenvalue weighted by Gasteiger charge is 2.48. The predicted molar refractivity (Wildman–Crippen MR) is 127 cm³/mol. The highest BCUT2D eigenvalue weighted by molar-refractivity contribution is 6.03. The molecule has 3 aromatic heterocycles. The second-order valence-corrected chi connectivity index (χ2v) is 8.47. The van der Waals surface area contributed by atoms with Crippen LogP contribution < -0.4 is 11.1 Å². The number of nitrogens with zero attached hydrogens (tertiary/aromatic N) is 5. The minimum Gasteiger partial charge on any atom is -0.494 e. The molecule has 14 heteroatoms. The number of imidazole rings is 1. The number of aromatic hydroxyl groups is 1. The van der Waals surface area contributed by atoms with Gasteiger partial charge in [0, 0.05) is 37.0 Å². The van der Waals surface area contributed by atoms with E-state index in [4.69, 9.17) is 10.5 Å². The summed E-state index contributed by atoms with van der Waals surface area (Å²) in [6.07, 6.45) is -1.35. The predicted octanol–water partition coefficient (Wildman–Crippen LogP) is -0.298. The molecule has 2 amide bonds. The fraction of sp³-hybridized carbons (Fsp3) is 0.318. The van der Waals surface area contributed by atoms with Gasteiger partial charge in [-0.2, -0.15) is 0 Å². The Morgan fingerprint density at radius 1 is 1.22 bits per heavy atom. The molecule has 36 heavy (non-hydrogen) atoms. The zero-order valence-corrected chi connectivity index (χ0v) is 19.1. The van der Waals surface area contributed by atoms with Crippen LogP contribution in [0.1, 0.15) is 12.6 Å². The van der Waals surface area contributed by atoms with Gasteiger partial charge in [-0.15, -0.1) is 0 Å². The summed E-state index contributed by atoms with van der Waals surface area (Å²) in [5, 5.41) is 34.9. The number of aromatic amines is 1. The first-order valence-electron chi connectivity index (χ1n) is 11.0. The number of ether oxygens (including phenoxy) is 1. The lowest BCUT2D eigenvalue weighted by Crippen LogP contribution is -2.44. The number of hydrogen-bond acceptors (Lipinski definition) is 10. The van der Waals surface area contributed by atoms with Crippen LogP contribution >= 0.6 is 0 Å². The molecule has 7 N–H and O–H groups in total. The number of carbonyl (C=O) groups is 2. The Labute approximate surface area is 203 Å². The molecule has 14 nitrogen and oxygen atoms in total. The van der Waals surface area contributed by atoms with E-state index in [1.807, 2.05) is 0 Å². The Morgan fingerprint density at radius 2 is 2.03 bits per heavy atom. The topological polar surface area (TPSA) is 205 Å². The Hall–Kier alpha value is -4.27. The first-order chi connectivity index (χ1) is 17.3. The standard InChI is InChI=1S/C22H24N8O6/c1-29(6-5-13(31)28-12-4-2-3-10-11(12)7-24-20(10)34)21(35)17-15(32)16(33)22(36-17)30-9-27-14-18(23)25-8-26-19(14)30/h2-4,7-9,15-17,22,24,32-34H,5-6H2,1H3,(H,28,31)(H2,23,25,26). The molecule has 1 fully saturated rings. The van der Waals surface area contributed by atoms with E-state index in [1.165, 1.54) is 29.2 Å². The first-order valence-corrected chi connectivity index (χ1v) is 11.0. The maximum absolute atomic E-state index is 13.0. The van der Waals surface area contributed by atoms with Crippen LogP contribution in [0.5, 0.6) is 5.88 Å². The zero-order valence-electron chi connectivity index (χ0n) is 19.1. The van der Waals surface area contributed by atoms with Crippen LogP contribution in [-0.4, -0.2) is 88.4 Å². The molecule has 4 aromatic rings. The van der Waals surface area contributed by atoms with Crippen molar-refractivity contribution < 1.29 is 29.6 Å². The quantitative estimate of drug-likeness (QED) is 0.206. The highest BCUT2D eigenvalue weighted by atomic mass is 16.6. The average molecular weight is 496 g/mol. The number of aliphatic hydroxyl groups is 2. The van der Waals surface area contributed by atoms with Crippen LogP contribution in [0.15, 0.2) is 37.1 Å². The van der Waals surface area contributed by atoms with E-state index in [0.717, 1.165) is 0 Å². The van der Waals surface area contributed by atoms with Crippen molar-refractivity contribution in [1.29, 1.82) is 0 Å². The van der Waals surface area contributed by atoms with Gasteiger partial charge >= 0.3 is 0 Å². The van der Waals surface area contributed by atoms with E-state index in [2.05, 4.69) is 25.3 Å². The van der Waals surface area contributed by atoms with Crippen molar-refractivity contribution in [3.63, 3.8) is 0 Å². The van der Waals surface area contributed by atoms with Crippen molar-refractivity contribution in [2.45, 2.75) is 31.0 Å². The van der Waals surface area contributed by atoms with Gasteiger partial charge in [-0.3, -0.25) is 14.2 Å². The molecule has 0 radical (unpaired) electrons. The fourth-order valence-corrected chi connectivity index (χ4v) is 4.21. The molecule has 0 saturated carbocycles. The highest BCUT2D eigenvalue weighted by Crippen LogP contribution is 2.33. The number of aliphatic hydroxyl groups excluding tert-OH is 2. The number of nitrogens with two attached hydrogens (primary N) is 1. The minimum atomic E-state index is -1.52. The zero-order chi connectivity index (χ0) is 25.6. The number of anilines is 2. The van der Waals surface area contributed by atoms with Crippen molar-refractivity contribution in [1.82, 2.24) is 29.4 Å². The largest absolute Gasteiger partial charge is 0.494 e. The number of amides is 2. The molecule has 188 valence electrons. The van der Waals surface area contributed by atoms with E-state index in [1.54, 1.807) is 24.4 Å². The van der Waals surface area contributed by atoms with Crippen molar-refractivity contribution in [3.05, 3.63) is 37.1 Å². The second-order valence-electron chi connectivity index (χ2n) is 8.47. The number of nitrogen functional groups attached to an aromatic ring is 1. The summed E-state index contributed by atoms with van der Waals surface area (Å²) < 4.78 is 7.09. The van der Waals surface area contributed by atoms with Crippen LogP contribution in [-0.2, 0) is 14.3 Å². The molecule has 0 bridgehead atoms. The third-order valence-corrected chi connectivity index (χ3v) is 6.18. The Kier molecular flexibility index (Phi) is 5.91. The maximum atomic E-state index is 13.0. The van der Waals surface area contributed by atoms with Crippen LogP contribution in [0.2, 0.25) is 0 Å². The summed E-state index contributed by atoms with van der Waals surface area (Å²) in [6, 6.07) is 5.11. The van der Waals surface area contributed by atoms with Gasteiger partial charge in [-0.25, -0.2) is 15.0 Å². The number of aromatic nitrogens is 5. The molecule has 1 saturated heterocycles. The van der Waals surface area contributed by atoms with Gasteiger partial charge in [0.05, 0.1) is 12.0 Å². The van der Waals surface area contributed by atoms with E-state index in [-0.39, 0.29) is 36.2 Å². The van der Waals surface area contributed by atoms with Gasteiger partial charge in [0.15, 0.2) is 29.7 Å². The van der Waals surface area contributed by atoms with Gasteiger partial charge in [-0.1, -0.05) is 6.07 Å². The molecule has 1 aliphatic heterocycles. The summed E-state index contributed by atoms with van der Waals surface area (Å²) in [7, 11) is 1.47. The molecule has 0 spiro atoms. The third-order valence-electron chi connectivity index (χ3n) is 6.18.